The minimum atomic E-state index is -0.397. The van der Waals surface area contributed by atoms with Crippen molar-refractivity contribution in [1.82, 2.24) is 9.88 Å². The van der Waals surface area contributed by atoms with Gasteiger partial charge >= 0.3 is 6.03 Å². The van der Waals surface area contributed by atoms with E-state index in [1.165, 1.54) is 16.7 Å². The number of nitrogens with one attached hydrogen (secondary N) is 2. The average molecular weight is 357 g/mol. The first-order chi connectivity index (χ1) is 12.6. The summed E-state index contributed by atoms with van der Waals surface area (Å²) in [6.07, 6.45) is 5.75. The summed E-state index contributed by atoms with van der Waals surface area (Å²) >= 11 is 0. The number of urea groups is 1. The lowest BCUT2D eigenvalue weighted by atomic mass is 9.91. The molecule has 2 N–H and O–H groups in total. The Balaban J connectivity index is 1.77. The molecule has 3 rings (SSSR count). The van der Waals surface area contributed by atoms with Gasteiger partial charge in [-0.15, -0.1) is 0 Å². The number of pyridine rings is 1. The fourth-order valence-corrected chi connectivity index (χ4v) is 3.63. The third-order valence-corrected chi connectivity index (χ3v) is 4.98. The van der Waals surface area contributed by atoms with E-state index in [0.29, 0.717) is 17.8 Å². The fourth-order valence-electron chi connectivity index (χ4n) is 3.63. The number of hydrogen-bond acceptors (Lipinski definition) is 2. The summed E-state index contributed by atoms with van der Waals surface area (Å²) in [6, 6.07) is 8.83. The Morgan fingerprint density at radius 2 is 1.96 bits per heavy atom. The van der Waals surface area contributed by atoms with E-state index in [1.807, 2.05) is 6.92 Å². The number of aryl methyl sites for hydroxylation is 1. The van der Waals surface area contributed by atoms with E-state index in [4.69, 9.17) is 0 Å². The standard InChI is InChI=1S/C20H24FN3O2/c1-2-24-13-15(11-12-18(24)25)22-20(26)23-19(14-7-3-4-8-14)16-9-5-6-10-17(16)21/h5-6,9-14,19H,2-4,7-8H2,1H3,(H2,22,23,26). The smallest absolute Gasteiger partial charge is 0.319 e. The maximum atomic E-state index is 14.3. The molecule has 1 atom stereocenters. The van der Waals surface area contributed by atoms with Crippen LogP contribution in [0.3, 0.4) is 0 Å². The van der Waals surface area contributed by atoms with Gasteiger partial charge in [0, 0.05) is 24.4 Å². The molecule has 0 aliphatic heterocycles. The Labute approximate surface area is 152 Å². The van der Waals surface area contributed by atoms with Crippen LogP contribution in [0.15, 0.2) is 47.4 Å². The van der Waals surface area contributed by atoms with Gasteiger partial charge in [-0.2, -0.15) is 0 Å². The van der Waals surface area contributed by atoms with Gasteiger partial charge in [-0.1, -0.05) is 31.0 Å². The van der Waals surface area contributed by atoms with Crippen molar-refractivity contribution in [2.75, 3.05) is 5.32 Å². The molecule has 0 spiro atoms. The molecule has 1 unspecified atom stereocenters. The van der Waals surface area contributed by atoms with Crippen molar-refractivity contribution in [3.63, 3.8) is 0 Å². The topological polar surface area (TPSA) is 63.1 Å². The highest BCUT2D eigenvalue weighted by molar-refractivity contribution is 5.89. The van der Waals surface area contributed by atoms with Crippen LogP contribution in [0.2, 0.25) is 0 Å². The first-order valence-corrected chi connectivity index (χ1v) is 9.11. The predicted molar refractivity (Wildman–Crippen MR) is 99.6 cm³/mol. The monoisotopic (exact) mass is 357 g/mol. The number of carbonyl (C=O) groups excluding carboxylic acids is 1. The summed E-state index contributed by atoms with van der Waals surface area (Å²) in [5, 5.41) is 5.69. The molecule has 2 aromatic rings. The molecule has 1 aliphatic carbocycles. The van der Waals surface area contributed by atoms with Crippen LogP contribution in [-0.4, -0.2) is 10.6 Å². The second-order valence-electron chi connectivity index (χ2n) is 6.68. The van der Waals surface area contributed by atoms with Crippen molar-refractivity contribution in [2.45, 2.75) is 45.2 Å². The second-order valence-corrected chi connectivity index (χ2v) is 6.68. The van der Waals surface area contributed by atoms with E-state index in [9.17, 15) is 14.0 Å². The second kappa shape index (κ2) is 8.17. The SMILES string of the molecule is CCn1cc(NC(=O)NC(c2ccccc2F)C2CCCC2)ccc1=O. The van der Waals surface area contributed by atoms with Gasteiger partial charge in [0.25, 0.3) is 5.56 Å². The van der Waals surface area contributed by atoms with Gasteiger partial charge in [-0.25, -0.2) is 9.18 Å². The van der Waals surface area contributed by atoms with E-state index in [0.717, 1.165) is 25.7 Å². The van der Waals surface area contributed by atoms with Crippen molar-refractivity contribution in [1.29, 1.82) is 0 Å². The Hall–Kier alpha value is -2.63. The lowest BCUT2D eigenvalue weighted by molar-refractivity contribution is 0.242. The molecule has 6 heteroatoms. The highest BCUT2D eigenvalue weighted by atomic mass is 19.1. The van der Waals surface area contributed by atoms with Gasteiger partial charge in [0.05, 0.1) is 11.7 Å². The first kappa shape index (κ1) is 18.2. The molecule has 1 saturated carbocycles. The van der Waals surface area contributed by atoms with E-state index < -0.39 is 6.03 Å². The molecule has 0 bridgehead atoms. The number of benzene rings is 1. The number of halogens is 1. The van der Waals surface area contributed by atoms with Crippen LogP contribution >= 0.6 is 0 Å². The predicted octanol–water partition coefficient (Wildman–Crippen LogP) is 4.06. The number of carbonyl (C=O) groups is 1. The van der Waals surface area contributed by atoms with Gasteiger partial charge in [-0.3, -0.25) is 4.79 Å². The highest BCUT2D eigenvalue weighted by Crippen LogP contribution is 2.36. The molecule has 1 heterocycles. The van der Waals surface area contributed by atoms with Crippen molar-refractivity contribution in [3.8, 4) is 0 Å². The third-order valence-electron chi connectivity index (χ3n) is 4.98. The molecule has 5 nitrogen and oxygen atoms in total. The normalized spacial score (nSPS) is 15.6. The van der Waals surface area contributed by atoms with Gasteiger partial charge < -0.3 is 15.2 Å². The molecule has 0 radical (unpaired) electrons. The molecular formula is C20H24FN3O2. The Morgan fingerprint density at radius 1 is 1.23 bits per heavy atom. The largest absolute Gasteiger partial charge is 0.331 e. The van der Waals surface area contributed by atoms with Gasteiger partial charge in [0.1, 0.15) is 5.82 Å². The van der Waals surface area contributed by atoms with E-state index in [1.54, 1.807) is 30.5 Å². The molecule has 1 aromatic heterocycles. The van der Waals surface area contributed by atoms with E-state index >= 15 is 0 Å². The van der Waals surface area contributed by atoms with E-state index in [-0.39, 0.29) is 23.3 Å². The molecule has 0 saturated heterocycles. The maximum absolute atomic E-state index is 14.3. The van der Waals surface area contributed by atoms with Gasteiger partial charge in [0.2, 0.25) is 0 Å². The zero-order valence-corrected chi connectivity index (χ0v) is 14.9. The Morgan fingerprint density at radius 3 is 2.65 bits per heavy atom. The molecular weight excluding hydrogens is 333 g/mol. The lowest BCUT2D eigenvalue weighted by Gasteiger charge is -2.25. The Bertz CT molecular complexity index is 828. The number of anilines is 1. The van der Waals surface area contributed by atoms with Gasteiger partial charge in [0.15, 0.2) is 0 Å². The van der Waals surface area contributed by atoms with Crippen LogP contribution in [0.1, 0.15) is 44.2 Å². The molecule has 1 aliphatic rings. The minimum absolute atomic E-state index is 0.117. The van der Waals surface area contributed by atoms with Crippen LogP contribution in [0.5, 0.6) is 0 Å². The van der Waals surface area contributed by atoms with Crippen LogP contribution in [0.4, 0.5) is 14.9 Å². The number of hydrogen-bond donors (Lipinski definition) is 2. The summed E-state index contributed by atoms with van der Waals surface area (Å²) in [5.41, 5.74) is 0.935. The van der Waals surface area contributed by atoms with Crippen LogP contribution in [0, 0.1) is 11.7 Å². The number of nitrogens with zero attached hydrogens (tertiary/aromatic N) is 1. The quantitative estimate of drug-likeness (QED) is 0.848. The highest BCUT2D eigenvalue weighted by Gasteiger charge is 2.29. The molecule has 1 aromatic carbocycles. The zero-order chi connectivity index (χ0) is 18.5. The van der Waals surface area contributed by atoms with Crippen molar-refractivity contribution < 1.29 is 9.18 Å². The minimum Gasteiger partial charge on any atom is -0.331 e. The fraction of sp³-hybridized carbons (Fsp3) is 0.400. The summed E-state index contributed by atoms with van der Waals surface area (Å²) in [6.45, 7) is 2.38. The van der Waals surface area contributed by atoms with Crippen molar-refractivity contribution in [2.24, 2.45) is 5.92 Å². The van der Waals surface area contributed by atoms with Crippen LogP contribution in [0.25, 0.3) is 0 Å². The maximum Gasteiger partial charge on any atom is 0.319 e. The zero-order valence-electron chi connectivity index (χ0n) is 14.9. The molecule has 138 valence electrons. The number of amides is 2. The Kier molecular flexibility index (Phi) is 5.71. The summed E-state index contributed by atoms with van der Waals surface area (Å²) in [5.74, 6) is -0.0773. The average Bonchev–Trinajstić information content (AvgIpc) is 3.16. The van der Waals surface area contributed by atoms with Crippen LogP contribution < -0.4 is 16.2 Å². The number of rotatable bonds is 5. The lowest BCUT2D eigenvalue weighted by Crippen LogP contribution is -2.36. The summed E-state index contributed by atoms with van der Waals surface area (Å²) in [4.78, 5) is 24.2. The van der Waals surface area contributed by atoms with E-state index in [2.05, 4.69) is 10.6 Å². The van der Waals surface area contributed by atoms with Gasteiger partial charge in [-0.05, 0) is 37.8 Å². The number of aromatic nitrogens is 1. The molecule has 1 fully saturated rings. The molecule has 26 heavy (non-hydrogen) atoms. The van der Waals surface area contributed by atoms with Crippen LogP contribution in [-0.2, 0) is 6.54 Å². The first-order valence-electron chi connectivity index (χ1n) is 9.11. The van der Waals surface area contributed by atoms with Crippen molar-refractivity contribution in [3.05, 3.63) is 64.3 Å². The summed E-state index contributed by atoms with van der Waals surface area (Å²) in [7, 11) is 0. The van der Waals surface area contributed by atoms with Crippen molar-refractivity contribution >= 4 is 11.7 Å². The third kappa shape index (κ3) is 4.12. The molecule has 2 amide bonds. The summed E-state index contributed by atoms with van der Waals surface area (Å²) < 4.78 is 15.8.